The Balaban J connectivity index is 0.00000256. The predicted molar refractivity (Wildman–Crippen MR) is 116 cm³/mol. The SMILES string of the molecule is CN(C)CCN(C(=O)c1cccc([N+](=O)[O-])c1)c1nc2cc3c(cc2s1)OCO3.Cl. The van der Waals surface area contributed by atoms with E-state index in [0.29, 0.717) is 35.2 Å². The second-order valence-electron chi connectivity index (χ2n) is 6.74. The lowest BCUT2D eigenvalue weighted by Crippen LogP contribution is -2.36. The number of likely N-dealkylation sites (N-methyl/N-ethyl adjacent to an activating group) is 1. The van der Waals surface area contributed by atoms with Gasteiger partial charge in [0.05, 0.1) is 15.1 Å². The number of aromatic nitrogens is 1. The highest BCUT2D eigenvalue weighted by molar-refractivity contribution is 7.22. The Hall–Kier alpha value is -2.95. The van der Waals surface area contributed by atoms with Gasteiger partial charge in [0.1, 0.15) is 0 Å². The standard InChI is InChI=1S/C19H18N4O5S.ClH/c1-21(2)6-7-22(18(24)12-4-3-5-13(8-12)23(25)26)19-20-14-9-15-16(28-11-27-15)10-17(14)29-19;/h3-5,8-10H,6-7,11H2,1-2H3;1H. The summed E-state index contributed by atoms with van der Waals surface area (Å²) in [6.45, 7) is 1.18. The first-order valence-corrected chi connectivity index (χ1v) is 9.65. The lowest BCUT2D eigenvalue weighted by atomic mass is 10.2. The van der Waals surface area contributed by atoms with Gasteiger partial charge in [0.25, 0.3) is 11.6 Å². The highest BCUT2D eigenvalue weighted by Crippen LogP contribution is 2.40. The van der Waals surface area contributed by atoms with E-state index in [-0.39, 0.29) is 36.4 Å². The lowest BCUT2D eigenvalue weighted by Gasteiger charge is -2.22. The number of thiazole rings is 1. The summed E-state index contributed by atoms with van der Waals surface area (Å²) in [6.07, 6.45) is 0. The molecule has 158 valence electrons. The van der Waals surface area contributed by atoms with Crippen LogP contribution in [0, 0.1) is 10.1 Å². The van der Waals surface area contributed by atoms with Crippen LogP contribution in [0.3, 0.4) is 0 Å². The number of fused-ring (bicyclic) bond motifs is 2. The summed E-state index contributed by atoms with van der Waals surface area (Å²) in [7, 11) is 3.82. The molecule has 0 atom stereocenters. The second-order valence-corrected chi connectivity index (χ2v) is 7.75. The highest BCUT2D eigenvalue weighted by Gasteiger charge is 2.24. The first-order valence-electron chi connectivity index (χ1n) is 8.83. The van der Waals surface area contributed by atoms with E-state index in [1.807, 2.05) is 25.1 Å². The second kappa shape index (κ2) is 8.82. The topological polar surface area (TPSA) is 98.0 Å². The summed E-state index contributed by atoms with van der Waals surface area (Å²) < 4.78 is 11.7. The van der Waals surface area contributed by atoms with Crippen molar-refractivity contribution in [3.8, 4) is 11.5 Å². The molecule has 0 N–H and O–H groups in total. The third-order valence-electron chi connectivity index (χ3n) is 4.42. The molecule has 0 saturated carbocycles. The Morgan fingerprint density at radius 2 is 1.93 bits per heavy atom. The number of nitro groups is 1. The van der Waals surface area contributed by atoms with Crippen molar-refractivity contribution in [1.82, 2.24) is 9.88 Å². The first kappa shape index (κ1) is 21.8. The largest absolute Gasteiger partial charge is 0.454 e. The summed E-state index contributed by atoms with van der Waals surface area (Å²) in [6, 6.07) is 9.36. The summed E-state index contributed by atoms with van der Waals surface area (Å²) in [4.78, 5) is 31.9. The molecule has 0 aliphatic carbocycles. The van der Waals surface area contributed by atoms with E-state index in [4.69, 9.17) is 9.47 Å². The van der Waals surface area contributed by atoms with Crippen LogP contribution in [0.25, 0.3) is 10.2 Å². The molecule has 0 radical (unpaired) electrons. The Kier molecular flexibility index (Phi) is 6.40. The minimum atomic E-state index is -0.514. The third kappa shape index (κ3) is 4.30. The fourth-order valence-corrected chi connectivity index (χ4v) is 3.91. The van der Waals surface area contributed by atoms with Crippen molar-refractivity contribution in [2.45, 2.75) is 0 Å². The van der Waals surface area contributed by atoms with Crippen molar-refractivity contribution in [1.29, 1.82) is 0 Å². The molecule has 9 nitrogen and oxygen atoms in total. The van der Waals surface area contributed by atoms with Gasteiger partial charge in [-0.3, -0.25) is 19.8 Å². The van der Waals surface area contributed by atoms with E-state index >= 15 is 0 Å². The average Bonchev–Trinajstić information content (AvgIpc) is 3.31. The van der Waals surface area contributed by atoms with E-state index in [2.05, 4.69) is 4.98 Å². The molecule has 11 heteroatoms. The number of nitro benzene ring substituents is 1. The molecule has 1 aromatic heterocycles. The van der Waals surface area contributed by atoms with E-state index in [9.17, 15) is 14.9 Å². The van der Waals surface area contributed by atoms with E-state index in [0.717, 1.165) is 4.70 Å². The van der Waals surface area contributed by atoms with Crippen molar-refractivity contribution in [3.63, 3.8) is 0 Å². The number of anilines is 1. The molecule has 2 aromatic carbocycles. The van der Waals surface area contributed by atoms with Crippen molar-refractivity contribution < 1.29 is 19.2 Å². The lowest BCUT2D eigenvalue weighted by molar-refractivity contribution is -0.384. The molecule has 3 aromatic rings. The number of ether oxygens (including phenoxy) is 2. The molecule has 0 bridgehead atoms. The number of carbonyl (C=O) groups excluding carboxylic acids is 1. The molecular weight excluding hydrogens is 432 g/mol. The van der Waals surface area contributed by atoms with E-state index < -0.39 is 4.92 Å². The number of amides is 1. The maximum Gasteiger partial charge on any atom is 0.270 e. The smallest absolute Gasteiger partial charge is 0.270 e. The highest BCUT2D eigenvalue weighted by atomic mass is 35.5. The van der Waals surface area contributed by atoms with Crippen LogP contribution in [0.2, 0.25) is 0 Å². The number of hydrogen-bond acceptors (Lipinski definition) is 8. The minimum absolute atomic E-state index is 0. The molecule has 1 aliphatic heterocycles. The predicted octanol–water partition coefficient (Wildman–Crippen LogP) is 3.56. The van der Waals surface area contributed by atoms with Crippen LogP contribution in [0.5, 0.6) is 11.5 Å². The van der Waals surface area contributed by atoms with Crippen LogP contribution in [-0.2, 0) is 0 Å². The summed E-state index contributed by atoms with van der Waals surface area (Å²) in [5, 5.41) is 11.6. The number of rotatable bonds is 6. The number of hydrogen-bond donors (Lipinski definition) is 0. The first-order chi connectivity index (χ1) is 13.9. The minimum Gasteiger partial charge on any atom is -0.454 e. The van der Waals surface area contributed by atoms with Crippen LogP contribution >= 0.6 is 23.7 Å². The van der Waals surface area contributed by atoms with E-state index in [1.54, 1.807) is 17.0 Å². The Bertz CT molecular complexity index is 1060. The number of carbonyl (C=O) groups is 1. The van der Waals surface area contributed by atoms with Gasteiger partial charge in [-0.05, 0) is 20.2 Å². The van der Waals surface area contributed by atoms with Gasteiger partial charge in [0, 0.05) is 42.9 Å². The number of benzene rings is 2. The molecule has 4 rings (SSSR count). The third-order valence-corrected chi connectivity index (χ3v) is 5.46. The summed E-state index contributed by atoms with van der Waals surface area (Å²) in [5.74, 6) is 0.936. The van der Waals surface area contributed by atoms with Gasteiger partial charge in [-0.15, -0.1) is 12.4 Å². The molecule has 0 saturated heterocycles. The normalized spacial score (nSPS) is 12.1. The molecule has 30 heavy (non-hydrogen) atoms. The summed E-state index contributed by atoms with van der Waals surface area (Å²) >= 11 is 1.36. The van der Waals surface area contributed by atoms with E-state index in [1.165, 1.54) is 29.5 Å². The van der Waals surface area contributed by atoms with Crippen molar-refractivity contribution in [2.24, 2.45) is 0 Å². The maximum atomic E-state index is 13.2. The van der Waals surface area contributed by atoms with Crippen LogP contribution < -0.4 is 14.4 Å². The van der Waals surface area contributed by atoms with Gasteiger partial charge in [0.2, 0.25) is 6.79 Å². The number of non-ortho nitro benzene ring substituents is 1. The molecule has 2 heterocycles. The van der Waals surface area contributed by atoms with Gasteiger partial charge < -0.3 is 14.4 Å². The monoisotopic (exact) mass is 450 g/mol. The molecule has 0 fully saturated rings. The summed E-state index contributed by atoms with van der Waals surface area (Å²) in [5.41, 5.74) is 0.820. The van der Waals surface area contributed by atoms with Gasteiger partial charge in [-0.1, -0.05) is 17.4 Å². The zero-order valence-corrected chi connectivity index (χ0v) is 17.9. The van der Waals surface area contributed by atoms with Crippen LogP contribution in [-0.4, -0.2) is 54.7 Å². The molecule has 1 amide bonds. The van der Waals surface area contributed by atoms with Crippen LogP contribution in [0.4, 0.5) is 10.8 Å². The quantitative estimate of drug-likeness (QED) is 0.418. The zero-order valence-electron chi connectivity index (χ0n) is 16.2. The Labute approximate surface area is 182 Å². The molecular formula is C19H19ClN4O5S. The Morgan fingerprint density at radius 1 is 1.20 bits per heavy atom. The van der Waals surface area contributed by atoms with Gasteiger partial charge in [0.15, 0.2) is 16.6 Å². The van der Waals surface area contributed by atoms with Crippen molar-refractivity contribution >= 4 is 50.7 Å². The molecule has 1 aliphatic rings. The zero-order chi connectivity index (χ0) is 20.5. The van der Waals surface area contributed by atoms with Gasteiger partial charge in [-0.25, -0.2) is 4.98 Å². The van der Waals surface area contributed by atoms with Gasteiger partial charge >= 0.3 is 0 Å². The van der Waals surface area contributed by atoms with Gasteiger partial charge in [-0.2, -0.15) is 0 Å². The maximum absolute atomic E-state index is 13.2. The fraction of sp³-hybridized carbons (Fsp3) is 0.263. The van der Waals surface area contributed by atoms with Crippen molar-refractivity contribution in [2.75, 3.05) is 38.9 Å². The molecule has 0 unspecified atom stereocenters. The molecule has 0 spiro atoms. The number of halogens is 1. The number of nitrogens with zero attached hydrogens (tertiary/aromatic N) is 4. The van der Waals surface area contributed by atoms with Crippen LogP contribution in [0.15, 0.2) is 36.4 Å². The Morgan fingerprint density at radius 3 is 2.63 bits per heavy atom. The average molecular weight is 451 g/mol. The van der Waals surface area contributed by atoms with Crippen LogP contribution in [0.1, 0.15) is 10.4 Å². The fourth-order valence-electron chi connectivity index (χ4n) is 2.91. The van der Waals surface area contributed by atoms with Crippen molar-refractivity contribution in [3.05, 3.63) is 52.1 Å².